The van der Waals surface area contributed by atoms with Crippen LogP contribution in [0.1, 0.15) is 27.8 Å². The molecule has 0 aliphatic heterocycles. The summed E-state index contributed by atoms with van der Waals surface area (Å²) >= 11 is 0. The predicted octanol–water partition coefficient (Wildman–Crippen LogP) is 13.6. The Hall–Kier alpha value is -6.81. The molecule has 8 aromatic carbocycles. The van der Waals surface area contributed by atoms with Crippen molar-refractivity contribution in [3.63, 3.8) is 0 Å². The SMILES string of the molecule is COc1ccc(N(c2ccc(N(c3ccc(Oc4ccc(P(=O)(c5ccccc5)c5ccc(C)cc5)cc4)cc3)c3cc(C)cc(C)c3)cc2)c2cc(C)cc(C)c2)cc1. The Balaban J connectivity index is 1.10. The van der Waals surface area contributed by atoms with Gasteiger partial charge in [0.05, 0.1) is 7.11 Å². The molecule has 0 bridgehead atoms. The molecule has 1 unspecified atom stereocenters. The number of ether oxygens (including phenoxy) is 2. The summed E-state index contributed by atoms with van der Waals surface area (Å²) < 4.78 is 26.8. The molecule has 60 heavy (non-hydrogen) atoms. The van der Waals surface area contributed by atoms with E-state index in [2.05, 4.69) is 122 Å². The molecule has 5 nitrogen and oxygen atoms in total. The van der Waals surface area contributed by atoms with Gasteiger partial charge in [-0.2, -0.15) is 0 Å². The number of nitrogens with zero attached hydrogens (tertiary/aromatic N) is 2. The number of hydrogen-bond donors (Lipinski definition) is 0. The van der Waals surface area contributed by atoms with Crippen molar-refractivity contribution in [1.29, 1.82) is 0 Å². The molecular weight excluding hydrogens is 756 g/mol. The Labute approximate surface area is 354 Å². The fourth-order valence-electron chi connectivity index (χ4n) is 7.90. The van der Waals surface area contributed by atoms with Gasteiger partial charge in [-0.1, -0.05) is 72.3 Å². The van der Waals surface area contributed by atoms with Crippen LogP contribution in [-0.4, -0.2) is 7.11 Å². The third-order valence-electron chi connectivity index (χ3n) is 10.7. The summed E-state index contributed by atoms with van der Waals surface area (Å²) in [4.78, 5) is 4.56. The van der Waals surface area contributed by atoms with E-state index < -0.39 is 7.14 Å². The van der Waals surface area contributed by atoms with Gasteiger partial charge < -0.3 is 23.8 Å². The molecule has 1 atom stereocenters. The van der Waals surface area contributed by atoms with Crippen LogP contribution in [0.5, 0.6) is 17.2 Å². The zero-order valence-electron chi connectivity index (χ0n) is 35.0. The van der Waals surface area contributed by atoms with E-state index in [0.717, 1.165) is 61.4 Å². The van der Waals surface area contributed by atoms with E-state index in [4.69, 9.17) is 9.47 Å². The van der Waals surface area contributed by atoms with Gasteiger partial charge in [-0.3, -0.25) is 0 Å². The van der Waals surface area contributed by atoms with Gasteiger partial charge in [0.2, 0.25) is 0 Å². The number of hydrogen-bond acceptors (Lipinski definition) is 5. The van der Waals surface area contributed by atoms with Crippen molar-refractivity contribution in [2.45, 2.75) is 34.6 Å². The largest absolute Gasteiger partial charge is 0.497 e. The minimum absolute atomic E-state index is 0.669. The molecule has 0 saturated heterocycles. The molecule has 298 valence electrons. The molecule has 6 heteroatoms. The van der Waals surface area contributed by atoms with Crippen LogP contribution < -0.4 is 35.2 Å². The molecular formula is C54H49N2O3P. The van der Waals surface area contributed by atoms with Crippen LogP contribution in [0.25, 0.3) is 0 Å². The average Bonchev–Trinajstić information content (AvgIpc) is 3.25. The summed E-state index contributed by atoms with van der Waals surface area (Å²) in [6.07, 6.45) is 0. The van der Waals surface area contributed by atoms with E-state index in [-0.39, 0.29) is 0 Å². The number of aryl methyl sites for hydroxylation is 5. The van der Waals surface area contributed by atoms with Gasteiger partial charge >= 0.3 is 0 Å². The molecule has 8 aromatic rings. The Morgan fingerprint density at radius 1 is 0.350 bits per heavy atom. The maximum absolute atomic E-state index is 15.0. The molecule has 0 radical (unpaired) electrons. The Morgan fingerprint density at radius 3 is 1.08 bits per heavy atom. The Bertz CT molecular complexity index is 2730. The summed E-state index contributed by atoms with van der Waals surface area (Å²) in [5.74, 6) is 2.19. The first-order valence-corrected chi connectivity index (χ1v) is 21.9. The van der Waals surface area contributed by atoms with E-state index in [9.17, 15) is 4.57 Å². The van der Waals surface area contributed by atoms with E-state index in [0.29, 0.717) is 11.5 Å². The first kappa shape index (κ1) is 40.0. The van der Waals surface area contributed by atoms with Crippen molar-refractivity contribution < 1.29 is 14.0 Å². The lowest BCUT2D eigenvalue weighted by molar-refractivity contribution is 0.415. The van der Waals surface area contributed by atoms with Gasteiger partial charge in [-0.15, -0.1) is 0 Å². The zero-order chi connectivity index (χ0) is 41.8. The molecule has 8 rings (SSSR count). The van der Waals surface area contributed by atoms with Crippen LogP contribution in [0, 0.1) is 34.6 Å². The molecule has 0 amide bonds. The zero-order valence-corrected chi connectivity index (χ0v) is 35.9. The highest BCUT2D eigenvalue weighted by molar-refractivity contribution is 7.85. The van der Waals surface area contributed by atoms with Gasteiger partial charge in [0.1, 0.15) is 17.2 Å². The van der Waals surface area contributed by atoms with Gasteiger partial charge in [0.25, 0.3) is 0 Å². The lowest BCUT2D eigenvalue weighted by atomic mass is 10.1. The van der Waals surface area contributed by atoms with Crippen molar-refractivity contribution in [1.82, 2.24) is 0 Å². The van der Waals surface area contributed by atoms with Crippen molar-refractivity contribution in [3.8, 4) is 17.2 Å². The van der Waals surface area contributed by atoms with Crippen molar-refractivity contribution >= 4 is 57.2 Å². The smallest absolute Gasteiger partial charge is 0.171 e. The topological polar surface area (TPSA) is 42.0 Å². The van der Waals surface area contributed by atoms with Crippen molar-refractivity contribution in [2.24, 2.45) is 0 Å². The van der Waals surface area contributed by atoms with Crippen molar-refractivity contribution in [2.75, 3.05) is 16.9 Å². The maximum Gasteiger partial charge on any atom is 0.171 e. The van der Waals surface area contributed by atoms with E-state index in [1.807, 2.05) is 110 Å². The van der Waals surface area contributed by atoms with Gasteiger partial charge in [-0.25, -0.2) is 0 Å². The van der Waals surface area contributed by atoms with Crippen LogP contribution in [0.3, 0.4) is 0 Å². The molecule has 0 N–H and O–H groups in total. The molecule has 0 saturated carbocycles. The lowest BCUT2D eigenvalue weighted by Gasteiger charge is -2.29. The normalized spacial score (nSPS) is 12.0. The fraction of sp³-hybridized carbons (Fsp3) is 0.111. The minimum atomic E-state index is -3.10. The van der Waals surface area contributed by atoms with Gasteiger partial charge in [-0.05, 0) is 178 Å². The second-order valence-corrected chi connectivity index (χ2v) is 18.2. The van der Waals surface area contributed by atoms with E-state index >= 15 is 0 Å². The number of methoxy groups -OCH3 is 1. The van der Waals surface area contributed by atoms with Crippen LogP contribution in [0.4, 0.5) is 34.1 Å². The standard InChI is InChI=1S/C54H49N2O3P/c1-38-12-28-53(29-13-38)60(57,52-10-8-7-9-11-52)54-30-26-51(27-31-54)59-50-24-20-46(21-25-50)56(48-36-41(4)33-42(5)37-48)44-16-14-43(15-17-44)55(45-18-22-49(58-6)23-19-45)47-34-39(2)32-40(3)35-47/h7-37H,1-6H3. The van der Waals surface area contributed by atoms with E-state index in [1.165, 1.54) is 22.3 Å². The molecule has 0 heterocycles. The maximum atomic E-state index is 15.0. The molecule has 0 aliphatic rings. The minimum Gasteiger partial charge on any atom is -0.497 e. The molecule has 0 aromatic heterocycles. The lowest BCUT2D eigenvalue weighted by Crippen LogP contribution is -2.24. The summed E-state index contributed by atoms with van der Waals surface area (Å²) in [5, 5.41) is 2.37. The van der Waals surface area contributed by atoms with E-state index in [1.54, 1.807) is 7.11 Å². The Morgan fingerprint density at radius 2 is 0.683 bits per heavy atom. The van der Waals surface area contributed by atoms with Crippen LogP contribution in [-0.2, 0) is 4.57 Å². The second kappa shape index (κ2) is 17.2. The predicted molar refractivity (Wildman–Crippen MR) is 252 cm³/mol. The fourth-order valence-corrected chi connectivity index (χ4v) is 10.5. The highest BCUT2D eigenvalue weighted by Crippen LogP contribution is 2.44. The summed E-state index contributed by atoms with van der Waals surface area (Å²) in [6, 6.07) is 63.8. The summed E-state index contributed by atoms with van der Waals surface area (Å²) in [6.45, 7) is 10.6. The summed E-state index contributed by atoms with van der Waals surface area (Å²) in [5.41, 5.74) is 12.2. The summed E-state index contributed by atoms with van der Waals surface area (Å²) in [7, 11) is -1.41. The monoisotopic (exact) mass is 804 g/mol. The highest BCUT2D eigenvalue weighted by Gasteiger charge is 2.29. The number of benzene rings is 8. The van der Waals surface area contributed by atoms with Crippen molar-refractivity contribution in [3.05, 3.63) is 216 Å². The quantitative estimate of drug-likeness (QED) is 0.115. The molecule has 0 aliphatic carbocycles. The average molecular weight is 805 g/mol. The molecule has 0 spiro atoms. The van der Waals surface area contributed by atoms with Gasteiger partial charge in [0.15, 0.2) is 7.14 Å². The van der Waals surface area contributed by atoms with Gasteiger partial charge in [0, 0.05) is 50.0 Å². The molecule has 0 fully saturated rings. The van der Waals surface area contributed by atoms with Crippen LogP contribution in [0.2, 0.25) is 0 Å². The van der Waals surface area contributed by atoms with Crippen LogP contribution in [0.15, 0.2) is 188 Å². The number of anilines is 6. The van der Waals surface area contributed by atoms with Crippen LogP contribution >= 0.6 is 7.14 Å². The third kappa shape index (κ3) is 8.50. The second-order valence-electron chi connectivity index (χ2n) is 15.4. The number of rotatable bonds is 12. The first-order valence-electron chi connectivity index (χ1n) is 20.2. The first-order chi connectivity index (χ1) is 29.1. The third-order valence-corrected chi connectivity index (χ3v) is 13.8. The Kier molecular flexibility index (Phi) is 11.5. The highest BCUT2D eigenvalue weighted by atomic mass is 31.2.